The van der Waals surface area contributed by atoms with Crippen LogP contribution >= 0.6 is 11.8 Å². The average molecular weight is 287 g/mol. The van der Waals surface area contributed by atoms with Crippen molar-refractivity contribution < 1.29 is 5.21 Å². The summed E-state index contributed by atoms with van der Waals surface area (Å²) in [5.41, 5.74) is 8.45. The molecule has 0 bridgehead atoms. The van der Waals surface area contributed by atoms with E-state index >= 15 is 0 Å². The number of oxime groups is 1. The molecule has 0 fully saturated rings. The summed E-state index contributed by atoms with van der Waals surface area (Å²) in [6, 6.07) is 15.9. The number of amidine groups is 1. The molecule has 2 aromatic carbocycles. The van der Waals surface area contributed by atoms with Gasteiger partial charge in [-0.1, -0.05) is 29.4 Å². The monoisotopic (exact) mass is 287 g/mol. The van der Waals surface area contributed by atoms with Crippen molar-refractivity contribution in [3.8, 4) is 0 Å². The van der Waals surface area contributed by atoms with Crippen LogP contribution < -0.4 is 11.1 Å². The molecule has 0 aliphatic rings. The number of hydrogen-bond donors (Lipinski definition) is 3. The Morgan fingerprint density at radius 2 is 1.80 bits per heavy atom. The molecule has 0 aliphatic heterocycles. The summed E-state index contributed by atoms with van der Waals surface area (Å²) in [5, 5.41) is 14.9. The van der Waals surface area contributed by atoms with E-state index < -0.39 is 0 Å². The lowest BCUT2D eigenvalue weighted by Gasteiger charge is -2.08. The van der Waals surface area contributed by atoms with Gasteiger partial charge in [0.1, 0.15) is 0 Å². The number of benzene rings is 2. The Bertz CT molecular complexity index is 579. The summed E-state index contributed by atoms with van der Waals surface area (Å²) >= 11 is 1.73. The molecule has 0 spiro atoms. The molecule has 20 heavy (non-hydrogen) atoms. The predicted molar refractivity (Wildman–Crippen MR) is 84.5 cm³/mol. The molecule has 0 amide bonds. The molecule has 4 nitrogen and oxygen atoms in total. The van der Waals surface area contributed by atoms with E-state index in [9.17, 15) is 0 Å². The van der Waals surface area contributed by atoms with Crippen LogP contribution in [0.2, 0.25) is 0 Å². The van der Waals surface area contributed by atoms with Crippen LogP contribution in [0.4, 0.5) is 5.69 Å². The summed E-state index contributed by atoms with van der Waals surface area (Å²) in [4.78, 5) is 1.25. The summed E-state index contributed by atoms with van der Waals surface area (Å²) < 4.78 is 0. The van der Waals surface area contributed by atoms with Crippen molar-refractivity contribution in [2.75, 3.05) is 11.6 Å². The van der Waals surface area contributed by atoms with Gasteiger partial charge in [-0.15, -0.1) is 11.8 Å². The molecular weight excluding hydrogens is 270 g/mol. The molecule has 5 heteroatoms. The molecule has 0 radical (unpaired) electrons. The van der Waals surface area contributed by atoms with Crippen molar-refractivity contribution in [3.63, 3.8) is 0 Å². The molecule has 0 aromatic heterocycles. The van der Waals surface area contributed by atoms with Crippen molar-refractivity contribution in [1.82, 2.24) is 0 Å². The summed E-state index contributed by atoms with van der Waals surface area (Å²) in [7, 11) is 0. The fraction of sp³-hybridized carbons (Fsp3) is 0.133. The lowest BCUT2D eigenvalue weighted by Crippen LogP contribution is -2.12. The van der Waals surface area contributed by atoms with Gasteiger partial charge < -0.3 is 16.3 Å². The Morgan fingerprint density at radius 3 is 2.35 bits per heavy atom. The second kappa shape index (κ2) is 6.86. The third kappa shape index (κ3) is 3.68. The van der Waals surface area contributed by atoms with E-state index in [1.807, 2.05) is 24.3 Å². The van der Waals surface area contributed by atoms with Crippen molar-refractivity contribution in [3.05, 3.63) is 59.7 Å². The van der Waals surface area contributed by atoms with Gasteiger partial charge in [0.25, 0.3) is 0 Å². The van der Waals surface area contributed by atoms with E-state index in [-0.39, 0.29) is 5.84 Å². The van der Waals surface area contributed by atoms with Crippen LogP contribution in [-0.4, -0.2) is 17.3 Å². The van der Waals surface area contributed by atoms with E-state index in [1.54, 1.807) is 11.8 Å². The molecule has 4 N–H and O–H groups in total. The highest BCUT2D eigenvalue weighted by molar-refractivity contribution is 7.98. The quantitative estimate of drug-likeness (QED) is 0.260. The number of hydrogen-bond acceptors (Lipinski definition) is 4. The van der Waals surface area contributed by atoms with Crippen molar-refractivity contribution in [1.29, 1.82) is 0 Å². The van der Waals surface area contributed by atoms with Gasteiger partial charge >= 0.3 is 0 Å². The average Bonchev–Trinajstić information content (AvgIpc) is 2.53. The molecular formula is C15H17N3OS. The second-order valence-corrected chi connectivity index (χ2v) is 5.14. The van der Waals surface area contributed by atoms with Crippen molar-refractivity contribution >= 4 is 23.3 Å². The SMILES string of the molecule is CSc1ccc(NCc2ccc(C(N)=NO)cc2)cc1. The number of nitrogens with zero attached hydrogens (tertiary/aromatic N) is 1. The van der Waals surface area contributed by atoms with Gasteiger partial charge in [-0.2, -0.15) is 0 Å². The van der Waals surface area contributed by atoms with Crippen LogP contribution in [-0.2, 0) is 6.54 Å². The van der Waals surface area contributed by atoms with Gasteiger partial charge in [0.2, 0.25) is 0 Å². The highest BCUT2D eigenvalue weighted by Gasteiger charge is 1.99. The van der Waals surface area contributed by atoms with E-state index in [0.717, 1.165) is 17.8 Å². The first-order valence-electron chi connectivity index (χ1n) is 6.17. The van der Waals surface area contributed by atoms with E-state index in [0.29, 0.717) is 5.56 Å². The first-order valence-corrected chi connectivity index (χ1v) is 7.40. The minimum atomic E-state index is 0.122. The smallest absolute Gasteiger partial charge is 0.170 e. The second-order valence-electron chi connectivity index (χ2n) is 4.26. The van der Waals surface area contributed by atoms with Crippen LogP contribution in [0.5, 0.6) is 0 Å². The topological polar surface area (TPSA) is 70.6 Å². The van der Waals surface area contributed by atoms with Crippen LogP contribution in [0.3, 0.4) is 0 Å². The van der Waals surface area contributed by atoms with Gasteiger partial charge in [0, 0.05) is 22.7 Å². The molecule has 0 saturated carbocycles. The largest absolute Gasteiger partial charge is 0.409 e. The van der Waals surface area contributed by atoms with E-state index in [2.05, 4.69) is 41.0 Å². The normalized spacial score (nSPS) is 11.3. The van der Waals surface area contributed by atoms with E-state index in [4.69, 9.17) is 10.9 Å². The Kier molecular flexibility index (Phi) is 4.90. The first kappa shape index (κ1) is 14.3. The number of rotatable bonds is 5. The van der Waals surface area contributed by atoms with Gasteiger partial charge in [0.05, 0.1) is 0 Å². The fourth-order valence-electron chi connectivity index (χ4n) is 1.76. The van der Waals surface area contributed by atoms with Gasteiger partial charge in [-0.25, -0.2) is 0 Å². The third-order valence-electron chi connectivity index (χ3n) is 2.94. The summed E-state index contributed by atoms with van der Waals surface area (Å²) in [5.74, 6) is 0.122. The van der Waals surface area contributed by atoms with Crippen molar-refractivity contribution in [2.45, 2.75) is 11.4 Å². The summed E-state index contributed by atoms with van der Waals surface area (Å²) in [6.45, 7) is 0.731. The van der Waals surface area contributed by atoms with Crippen molar-refractivity contribution in [2.24, 2.45) is 10.9 Å². The summed E-state index contributed by atoms with van der Waals surface area (Å²) in [6.07, 6.45) is 2.06. The molecule has 0 atom stereocenters. The van der Waals surface area contributed by atoms with Gasteiger partial charge in [-0.05, 0) is 36.1 Å². The van der Waals surface area contributed by atoms with Crippen LogP contribution in [0, 0.1) is 0 Å². The number of nitrogens with two attached hydrogens (primary N) is 1. The van der Waals surface area contributed by atoms with Gasteiger partial charge in [-0.3, -0.25) is 0 Å². The lowest BCUT2D eigenvalue weighted by atomic mass is 10.1. The first-order chi connectivity index (χ1) is 9.72. The van der Waals surface area contributed by atoms with Crippen LogP contribution in [0.25, 0.3) is 0 Å². The highest BCUT2D eigenvalue weighted by atomic mass is 32.2. The molecule has 2 rings (SSSR count). The maximum absolute atomic E-state index is 8.60. The number of nitrogens with one attached hydrogen (secondary N) is 1. The molecule has 0 heterocycles. The Hall–Kier alpha value is -2.14. The fourth-order valence-corrected chi connectivity index (χ4v) is 2.17. The zero-order valence-corrected chi connectivity index (χ0v) is 12.0. The molecule has 2 aromatic rings. The highest BCUT2D eigenvalue weighted by Crippen LogP contribution is 2.18. The molecule has 0 unspecified atom stereocenters. The Balaban J connectivity index is 1.96. The van der Waals surface area contributed by atoms with Gasteiger partial charge in [0.15, 0.2) is 5.84 Å². The Morgan fingerprint density at radius 1 is 1.15 bits per heavy atom. The lowest BCUT2D eigenvalue weighted by molar-refractivity contribution is 0.318. The third-order valence-corrected chi connectivity index (χ3v) is 3.69. The zero-order chi connectivity index (χ0) is 14.4. The molecule has 104 valence electrons. The number of thioether (sulfide) groups is 1. The minimum Gasteiger partial charge on any atom is -0.409 e. The standard InChI is InChI=1S/C15H17N3OS/c1-20-14-8-6-13(7-9-14)17-10-11-2-4-12(5-3-11)15(16)18-19/h2-9,17,19H,10H2,1H3,(H2,16,18). The number of anilines is 1. The van der Waals surface area contributed by atoms with Crippen LogP contribution in [0.15, 0.2) is 58.6 Å². The molecule has 0 saturated heterocycles. The molecule has 0 aliphatic carbocycles. The van der Waals surface area contributed by atoms with E-state index in [1.165, 1.54) is 4.90 Å². The van der Waals surface area contributed by atoms with Crippen LogP contribution in [0.1, 0.15) is 11.1 Å². The maximum Gasteiger partial charge on any atom is 0.170 e. The predicted octanol–water partition coefficient (Wildman–Crippen LogP) is 3.12. The Labute approximate surface area is 122 Å². The maximum atomic E-state index is 8.60. The zero-order valence-electron chi connectivity index (χ0n) is 11.2. The minimum absolute atomic E-state index is 0.122.